The van der Waals surface area contributed by atoms with Crippen molar-refractivity contribution in [3.05, 3.63) is 98.0 Å². The van der Waals surface area contributed by atoms with Gasteiger partial charge in [-0.05, 0) is 67.1 Å². The zero-order valence-corrected chi connectivity index (χ0v) is 20.1. The fraction of sp³-hybridized carbons (Fsp3) is 0.115. The van der Waals surface area contributed by atoms with Crippen LogP contribution >= 0.6 is 27.5 Å². The molecule has 1 aliphatic heterocycles. The van der Waals surface area contributed by atoms with Gasteiger partial charge >= 0.3 is 0 Å². The van der Waals surface area contributed by atoms with E-state index in [1.54, 1.807) is 47.4 Å². The molecule has 0 N–H and O–H groups in total. The first-order valence-corrected chi connectivity index (χ1v) is 11.8. The number of benzene rings is 3. The Kier molecular flexibility index (Phi) is 5.64. The van der Waals surface area contributed by atoms with Crippen LogP contribution in [-0.2, 0) is 4.79 Å². The smallest absolute Gasteiger partial charge is 0.266 e. The van der Waals surface area contributed by atoms with E-state index in [1.807, 2.05) is 37.3 Å². The molecule has 1 aromatic heterocycles. The van der Waals surface area contributed by atoms with Crippen LogP contribution in [-0.4, -0.2) is 22.0 Å². The zero-order chi connectivity index (χ0) is 23.1. The predicted octanol–water partition coefficient (Wildman–Crippen LogP) is 6.10. The Morgan fingerprint density at radius 3 is 2.55 bits per heavy atom. The van der Waals surface area contributed by atoms with Gasteiger partial charge in [-0.15, -0.1) is 0 Å². The Bertz CT molecular complexity index is 1490. The lowest BCUT2D eigenvalue weighted by atomic mass is 10.1. The molecule has 2 heterocycles. The van der Waals surface area contributed by atoms with E-state index < -0.39 is 0 Å². The van der Waals surface area contributed by atoms with Crippen molar-refractivity contribution in [2.24, 2.45) is 0 Å². The normalized spacial score (nSPS) is 14.3. The third-order valence-corrected chi connectivity index (χ3v) is 6.37. The van der Waals surface area contributed by atoms with Gasteiger partial charge in [-0.1, -0.05) is 46.6 Å². The lowest BCUT2D eigenvalue weighted by Crippen LogP contribution is -2.27. The molecule has 4 aromatic rings. The molecule has 0 fully saturated rings. The summed E-state index contributed by atoms with van der Waals surface area (Å²) in [6.45, 7) is 2.65. The summed E-state index contributed by atoms with van der Waals surface area (Å²) in [5, 5.41) is 1.07. The van der Waals surface area contributed by atoms with Gasteiger partial charge in [0, 0.05) is 21.6 Å². The summed E-state index contributed by atoms with van der Waals surface area (Å²) in [5.74, 6) is 0.281. The molecule has 33 heavy (non-hydrogen) atoms. The highest BCUT2D eigenvalue weighted by atomic mass is 79.9. The molecular weight excluding hydrogens is 502 g/mol. The summed E-state index contributed by atoms with van der Waals surface area (Å²) < 4.78 is 2.40. The number of carbonyl (C=O) groups is 1. The molecule has 0 saturated heterocycles. The topological polar surface area (TPSA) is 55.2 Å². The van der Waals surface area contributed by atoms with Gasteiger partial charge in [0.1, 0.15) is 5.82 Å². The zero-order valence-electron chi connectivity index (χ0n) is 17.8. The average Bonchev–Trinajstić information content (AvgIpc) is 3.06. The van der Waals surface area contributed by atoms with E-state index in [-0.39, 0.29) is 11.5 Å². The summed E-state index contributed by atoms with van der Waals surface area (Å²) in [5.41, 5.74) is 3.17. The second-order valence-electron chi connectivity index (χ2n) is 7.78. The minimum Gasteiger partial charge on any atom is -0.308 e. The molecule has 0 aliphatic carbocycles. The van der Waals surface area contributed by atoms with E-state index in [4.69, 9.17) is 16.6 Å². The SMILES string of the molecule is CCCN1C(=O)/C(=C\c2nc3ccccc3c(=O)n2-c2ccc(Cl)cc2)c2cc(Br)ccc21. The van der Waals surface area contributed by atoms with Gasteiger partial charge < -0.3 is 4.90 Å². The Labute approximate surface area is 204 Å². The first-order chi connectivity index (χ1) is 16.0. The number of hydrogen-bond acceptors (Lipinski definition) is 3. The molecular formula is C26H19BrClN3O2. The quantitative estimate of drug-likeness (QED) is 0.306. The van der Waals surface area contributed by atoms with Crippen LogP contribution in [0.2, 0.25) is 5.02 Å². The number of hydrogen-bond donors (Lipinski definition) is 0. The first kappa shape index (κ1) is 21.6. The van der Waals surface area contributed by atoms with Gasteiger partial charge in [-0.2, -0.15) is 0 Å². The van der Waals surface area contributed by atoms with Crippen LogP contribution in [0.4, 0.5) is 5.69 Å². The van der Waals surface area contributed by atoms with Gasteiger partial charge in [0.05, 0.1) is 27.9 Å². The van der Waals surface area contributed by atoms with E-state index in [0.29, 0.717) is 39.6 Å². The van der Waals surface area contributed by atoms with Gasteiger partial charge in [-0.25, -0.2) is 4.98 Å². The minimum absolute atomic E-state index is 0.102. The largest absolute Gasteiger partial charge is 0.308 e. The Morgan fingerprint density at radius 1 is 1.03 bits per heavy atom. The molecule has 3 aromatic carbocycles. The molecule has 0 bridgehead atoms. The summed E-state index contributed by atoms with van der Waals surface area (Å²) >= 11 is 9.60. The lowest BCUT2D eigenvalue weighted by molar-refractivity contribution is -0.113. The first-order valence-electron chi connectivity index (χ1n) is 10.6. The average molecular weight is 521 g/mol. The molecule has 0 unspecified atom stereocenters. The van der Waals surface area contributed by atoms with Crippen LogP contribution in [0.25, 0.3) is 28.2 Å². The third kappa shape index (κ3) is 3.79. The van der Waals surface area contributed by atoms with Gasteiger partial charge in [0.15, 0.2) is 0 Å². The number of anilines is 1. The van der Waals surface area contributed by atoms with E-state index in [9.17, 15) is 9.59 Å². The fourth-order valence-electron chi connectivity index (χ4n) is 4.13. The van der Waals surface area contributed by atoms with Gasteiger partial charge in [-0.3, -0.25) is 14.2 Å². The summed E-state index contributed by atoms with van der Waals surface area (Å²) in [7, 11) is 0. The fourth-order valence-corrected chi connectivity index (χ4v) is 4.62. The number of amides is 1. The Balaban J connectivity index is 1.79. The molecule has 0 atom stereocenters. The number of fused-ring (bicyclic) bond motifs is 2. The van der Waals surface area contributed by atoms with E-state index in [1.165, 1.54) is 4.57 Å². The van der Waals surface area contributed by atoms with Gasteiger partial charge in [0.2, 0.25) is 0 Å². The number of rotatable bonds is 4. The van der Waals surface area contributed by atoms with Crippen molar-refractivity contribution in [1.29, 1.82) is 0 Å². The lowest BCUT2D eigenvalue weighted by Gasteiger charge is -2.15. The molecule has 5 nitrogen and oxygen atoms in total. The Morgan fingerprint density at radius 2 is 1.79 bits per heavy atom. The van der Waals surface area contributed by atoms with Gasteiger partial charge in [0.25, 0.3) is 11.5 Å². The third-order valence-electron chi connectivity index (χ3n) is 5.62. The molecule has 1 aliphatic rings. The van der Waals surface area contributed by atoms with Crippen molar-refractivity contribution in [3.8, 4) is 5.69 Å². The van der Waals surface area contributed by atoms with Crippen molar-refractivity contribution in [1.82, 2.24) is 9.55 Å². The summed E-state index contributed by atoms with van der Waals surface area (Å²) in [4.78, 5) is 33.5. The van der Waals surface area contributed by atoms with E-state index >= 15 is 0 Å². The van der Waals surface area contributed by atoms with E-state index in [2.05, 4.69) is 15.9 Å². The molecule has 1 amide bonds. The van der Waals surface area contributed by atoms with Crippen molar-refractivity contribution in [2.75, 3.05) is 11.4 Å². The summed E-state index contributed by atoms with van der Waals surface area (Å²) in [6.07, 6.45) is 2.55. The second-order valence-corrected chi connectivity index (χ2v) is 9.13. The highest BCUT2D eigenvalue weighted by molar-refractivity contribution is 9.10. The number of carbonyl (C=O) groups excluding carboxylic acids is 1. The molecule has 7 heteroatoms. The highest BCUT2D eigenvalue weighted by Gasteiger charge is 2.32. The van der Waals surface area contributed by atoms with Crippen LogP contribution in [0.15, 0.2) is 76.0 Å². The van der Waals surface area contributed by atoms with Crippen molar-refractivity contribution < 1.29 is 4.79 Å². The van der Waals surface area contributed by atoms with Crippen LogP contribution in [0.5, 0.6) is 0 Å². The standard InChI is InChI=1S/C26H19BrClN3O2/c1-2-13-30-23-12-7-16(27)14-20(23)21(25(30)32)15-24-29-22-6-4-3-5-19(22)26(33)31(24)18-10-8-17(28)9-11-18/h3-12,14-15H,2,13H2,1H3/b21-15-. The molecule has 164 valence electrons. The highest BCUT2D eigenvalue weighted by Crippen LogP contribution is 2.39. The van der Waals surface area contributed by atoms with Crippen LogP contribution in [0.3, 0.4) is 0 Å². The predicted molar refractivity (Wildman–Crippen MR) is 137 cm³/mol. The molecule has 0 spiro atoms. The van der Waals surface area contributed by atoms with Crippen molar-refractivity contribution >= 4 is 61.7 Å². The number of para-hydroxylation sites is 1. The molecule has 5 rings (SSSR count). The maximum atomic E-state index is 13.5. The maximum Gasteiger partial charge on any atom is 0.266 e. The number of aromatic nitrogens is 2. The molecule has 0 saturated carbocycles. The number of nitrogens with zero attached hydrogens (tertiary/aromatic N) is 3. The number of halogens is 2. The summed E-state index contributed by atoms with van der Waals surface area (Å²) in [6, 6.07) is 20.0. The molecule has 0 radical (unpaired) electrons. The Hall–Kier alpha value is -3.22. The van der Waals surface area contributed by atoms with Crippen LogP contribution in [0.1, 0.15) is 24.7 Å². The second kappa shape index (κ2) is 8.61. The van der Waals surface area contributed by atoms with Crippen LogP contribution in [0, 0.1) is 0 Å². The monoisotopic (exact) mass is 519 g/mol. The minimum atomic E-state index is -0.208. The van der Waals surface area contributed by atoms with Crippen molar-refractivity contribution in [2.45, 2.75) is 13.3 Å². The maximum absolute atomic E-state index is 13.5. The van der Waals surface area contributed by atoms with E-state index in [0.717, 1.165) is 22.1 Å². The van der Waals surface area contributed by atoms with Crippen LogP contribution < -0.4 is 10.5 Å². The van der Waals surface area contributed by atoms with Crippen molar-refractivity contribution in [3.63, 3.8) is 0 Å².